The molecule has 0 saturated heterocycles. The highest BCUT2D eigenvalue weighted by atomic mass is 16.6. The van der Waals surface area contributed by atoms with Gasteiger partial charge < -0.3 is 20.2 Å². The van der Waals surface area contributed by atoms with E-state index in [0.29, 0.717) is 0 Å². The van der Waals surface area contributed by atoms with Crippen LogP contribution in [0, 0.1) is 10.1 Å². The van der Waals surface area contributed by atoms with Gasteiger partial charge in [-0.25, -0.2) is 0 Å². The number of aliphatic hydroxyl groups excluding tert-OH is 1. The van der Waals surface area contributed by atoms with Crippen LogP contribution in [0.25, 0.3) is 0 Å². The summed E-state index contributed by atoms with van der Waals surface area (Å²) in [6, 6.07) is 3.91. The smallest absolute Gasteiger partial charge is 0.294 e. The molecule has 4 N–H and O–H groups in total. The van der Waals surface area contributed by atoms with Crippen molar-refractivity contribution in [3.63, 3.8) is 0 Å². The molecule has 0 aromatic heterocycles. The number of carbonyl (C=O) groups is 1. The molecule has 1 aromatic carbocycles. The van der Waals surface area contributed by atoms with Crippen LogP contribution in [0.1, 0.15) is 10.4 Å². The normalized spacial score (nSPS) is 11.8. The van der Waals surface area contributed by atoms with Crippen LogP contribution in [0.5, 0.6) is 0 Å². The molecule has 0 aliphatic carbocycles. The quantitative estimate of drug-likeness (QED) is 0.365. The first-order valence-electron chi connectivity index (χ1n) is 6.08. The molecule has 116 valence electrons. The van der Waals surface area contributed by atoms with Crippen LogP contribution >= 0.6 is 0 Å². The van der Waals surface area contributed by atoms with Crippen LogP contribution in [0.4, 0.5) is 11.4 Å². The summed E-state index contributed by atoms with van der Waals surface area (Å²) in [6.07, 6.45) is -0.830. The average molecular weight is 298 g/mol. The maximum atomic E-state index is 12.2. The monoisotopic (exact) mass is 298 g/mol. The summed E-state index contributed by atoms with van der Waals surface area (Å²) in [5.74, 6) is 4.73. The molecule has 9 heteroatoms. The zero-order valence-corrected chi connectivity index (χ0v) is 11.8. The highest BCUT2D eigenvalue weighted by molar-refractivity contribution is 5.95. The van der Waals surface area contributed by atoms with E-state index >= 15 is 0 Å². The predicted molar refractivity (Wildman–Crippen MR) is 75.7 cm³/mol. The molecule has 0 spiro atoms. The summed E-state index contributed by atoms with van der Waals surface area (Å²) in [6.45, 7) is 0.144. The first-order chi connectivity index (χ1) is 9.90. The van der Waals surface area contributed by atoms with E-state index in [1.54, 1.807) is 0 Å². The molecule has 1 aromatic rings. The lowest BCUT2D eigenvalue weighted by molar-refractivity contribution is -0.384. The van der Waals surface area contributed by atoms with Crippen molar-refractivity contribution in [2.75, 3.05) is 32.7 Å². The van der Waals surface area contributed by atoms with Crippen LogP contribution in [0.3, 0.4) is 0 Å². The number of nitrogens with two attached hydrogens (primary N) is 1. The molecule has 21 heavy (non-hydrogen) atoms. The summed E-state index contributed by atoms with van der Waals surface area (Å²) in [7, 11) is 2.93. The van der Waals surface area contributed by atoms with Gasteiger partial charge in [-0.15, -0.1) is 0 Å². The lowest BCUT2D eigenvalue weighted by atomic mass is 10.1. The number of anilines is 1. The third-order valence-electron chi connectivity index (χ3n) is 2.79. The molecule has 1 atom stereocenters. The van der Waals surface area contributed by atoms with E-state index < -0.39 is 16.9 Å². The van der Waals surface area contributed by atoms with E-state index in [-0.39, 0.29) is 30.1 Å². The van der Waals surface area contributed by atoms with E-state index in [2.05, 4.69) is 5.43 Å². The molecule has 9 nitrogen and oxygen atoms in total. The van der Waals surface area contributed by atoms with Crippen LogP contribution in [-0.2, 0) is 4.74 Å². The number of nitrogens with zero attached hydrogens (tertiary/aromatic N) is 2. The molecule has 0 bridgehead atoms. The summed E-state index contributed by atoms with van der Waals surface area (Å²) in [5.41, 5.74) is 2.14. The van der Waals surface area contributed by atoms with Crippen molar-refractivity contribution < 1.29 is 19.6 Å². The van der Waals surface area contributed by atoms with Crippen molar-refractivity contribution >= 4 is 17.3 Å². The molecule has 1 amide bonds. The molecule has 0 aliphatic heterocycles. The minimum atomic E-state index is -0.830. The standard InChI is InChI=1S/C12H18N4O5/c1-15(6-9(17)7-21-2)12(18)8-3-4-10(14-13)11(5-8)16(19)20/h3-5,9,14,17H,6-7,13H2,1-2H3. The van der Waals surface area contributed by atoms with Gasteiger partial charge in [-0.05, 0) is 12.1 Å². The third-order valence-corrected chi connectivity index (χ3v) is 2.79. The lowest BCUT2D eigenvalue weighted by Gasteiger charge is -2.20. The maximum absolute atomic E-state index is 12.2. The van der Waals surface area contributed by atoms with Gasteiger partial charge >= 0.3 is 0 Å². The Labute approximate surface area is 121 Å². The number of methoxy groups -OCH3 is 1. The van der Waals surface area contributed by atoms with Crippen LogP contribution in [0.2, 0.25) is 0 Å². The van der Waals surface area contributed by atoms with Gasteiger partial charge in [0.05, 0.1) is 17.6 Å². The summed E-state index contributed by atoms with van der Waals surface area (Å²) < 4.78 is 4.77. The van der Waals surface area contributed by atoms with Gasteiger partial charge in [0, 0.05) is 32.3 Å². The third kappa shape index (κ3) is 4.38. The molecule has 1 rings (SSSR count). The molecule has 0 fully saturated rings. The van der Waals surface area contributed by atoms with Gasteiger partial charge in [0.25, 0.3) is 11.6 Å². The zero-order valence-electron chi connectivity index (χ0n) is 11.8. The van der Waals surface area contributed by atoms with E-state index in [1.807, 2.05) is 0 Å². The largest absolute Gasteiger partial charge is 0.389 e. The molecule has 0 radical (unpaired) electrons. The van der Waals surface area contributed by atoms with Crippen molar-refractivity contribution in [1.82, 2.24) is 4.90 Å². The fraction of sp³-hybridized carbons (Fsp3) is 0.417. The first-order valence-corrected chi connectivity index (χ1v) is 6.08. The number of nitrogen functional groups attached to an aromatic ring is 1. The van der Waals surface area contributed by atoms with Gasteiger partial charge in [-0.1, -0.05) is 0 Å². The highest BCUT2D eigenvalue weighted by Gasteiger charge is 2.20. The van der Waals surface area contributed by atoms with E-state index in [0.717, 1.165) is 6.07 Å². The number of aliphatic hydroxyl groups is 1. The van der Waals surface area contributed by atoms with Gasteiger partial charge in [0.1, 0.15) is 5.69 Å². The maximum Gasteiger partial charge on any atom is 0.294 e. The predicted octanol–water partition coefficient (Wildman–Crippen LogP) is -0.0403. The Morgan fingerprint density at radius 3 is 2.81 bits per heavy atom. The van der Waals surface area contributed by atoms with Crippen LogP contribution in [-0.4, -0.2) is 54.3 Å². The number of hydrazine groups is 1. The minimum Gasteiger partial charge on any atom is -0.389 e. The number of nitrogens with one attached hydrogen (secondary N) is 1. The second-order valence-electron chi connectivity index (χ2n) is 4.43. The van der Waals surface area contributed by atoms with E-state index in [1.165, 1.54) is 31.2 Å². The topological polar surface area (TPSA) is 131 Å². The van der Waals surface area contributed by atoms with Crippen molar-refractivity contribution in [2.24, 2.45) is 5.84 Å². The number of carbonyl (C=O) groups excluding carboxylic acids is 1. The fourth-order valence-corrected chi connectivity index (χ4v) is 1.80. The second kappa shape index (κ2) is 7.53. The van der Waals surface area contributed by atoms with Gasteiger partial charge in [0.2, 0.25) is 0 Å². The van der Waals surface area contributed by atoms with Crippen LogP contribution in [0.15, 0.2) is 18.2 Å². The first kappa shape index (κ1) is 16.8. The number of benzene rings is 1. The Bertz CT molecular complexity index is 522. The van der Waals surface area contributed by atoms with Gasteiger partial charge in [-0.2, -0.15) is 0 Å². The Hall–Kier alpha value is -2.23. The number of amides is 1. The number of hydrogen-bond donors (Lipinski definition) is 3. The highest BCUT2D eigenvalue weighted by Crippen LogP contribution is 2.25. The average Bonchev–Trinajstić information content (AvgIpc) is 2.45. The number of likely N-dealkylation sites (N-methyl/N-ethyl adjacent to an activating group) is 1. The van der Waals surface area contributed by atoms with Crippen molar-refractivity contribution in [3.8, 4) is 0 Å². The van der Waals surface area contributed by atoms with Crippen LogP contribution < -0.4 is 11.3 Å². The molecule has 0 saturated carbocycles. The van der Waals surface area contributed by atoms with Crippen molar-refractivity contribution in [2.45, 2.75) is 6.10 Å². The SMILES string of the molecule is COCC(O)CN(C)C(=O)c1ccc(NN)c([N+](=O)[O-])c1. The summed E-state index contributed by atoms with van der Waals surface area (Å²) >= 11 is 0. The number of rotatable bonds is 7. The van der Waals surface area contributed by atoms with Gasteiger partial charge in [0.15, 0.2) is 0 Å². The van der Waals surface area contributed by atoms with Gasteiger partial charge in [-0.3, -0.25) is 20.8 Å². The minimum absolute atomic E-state index is 0.0529. The fourth-order valence-electron chi connectivity index (χ4n) is 1.80. The Kier molecular flexibility index (Phi) is 6.03. The van der Waals surface area contributed by atoms with E-state index in [9.17, 15) is 20.0 Å². The molecular weight excluding hydrogens is 280 g/mol. The second-order valence-corrected chi connectivity index (χ2v) is 4.43. The molecule has 0 heterocycles. The number of hydrogen-bond acceptors (Lipinski definition) is 7. The zero-order chi connectivity index (χ0) is 16.0. The number of nitro groups is 1. The number of ether oxygens (including phenoxy) is 1. The Morgan fingerprint density at radius 1 is 1.62 bits per heavy atom. The Balaban J connectivity index is 2.92. The van der Waals surface area contributed by atoms with Crippen molar-refractivity contribution in [1.29, 1.82) is 0 Å². The number of nitro benzene ring substituents is 1. The lowest BCUT2D eigenvalue weighted by Crippen LogP contribution is -2.36. The summed E-state index contributed by atoms with van der Waals surface area (Å²) in [4.78, 5) is 23.7. The van der Waals surface area contributed by atoms with Crippen molar-refractivity contribution in [3.05, 3.63) is 33.9 Å². The van der Waals surface area contributed by atoms with E-state index in [4.69, 9.17) is 10.6 Å². The molecule has 0 aliphatic rings. The Morgan fingerprint density at radius 2 is 2.29 bits per heavy atom. The molecule has 1 unspecified atom stereocenters. The summed E-state index contributed by atoms with van der Waals surface area (Å²) in [5, 5.41) is 20.5. The molecular formula is C12H18N4O5.